The first-order chi connectivity index (χ1) is 9.13. The molecule has 2 N–H and O–H groups in total. The molecular weight excluding hydrogens is 242 g/mol. The molecule has 0 bridgehead atoms. The lowest BCUT2D eigenvalue weighted by molar-refractivity contribution is 0.102. The van der Waals surface area contributed by atoms with E-state index in [1.54, 1.807) is 18.5 Å². The van der Waals surface area contributed by atoms with E-state index in [9.17, 15) is 4.79 Å². The molecule has 0 aliphatic heterocycles. The van der Waals surface area contributed by atoms with Crippen molar-refractivity contribution < 1.29 is 4.79 Å². The van der Waals surface area contributed by atoms with Crippen LogP contribution in [-0.4, -0.2) is 25.7 Å². The molecule has 0 unspecified atom stereocenters. The highest BCUT2D eigenvalue weighted by atomic mass is 16.1. The molecule has 96 valence electrons. The highest BCUT2D eigenvalue weighted by molar-refractivity contribution is 6.05. The van der Waals surface area contributed by atoms with Gasteiger partial charge < -0.3 is 9.88 Å². The number of fused-ring (bicyclic) bond motifs is 1. The second-order valence-corrected chi connectivity index (χ2v) is 4.45. The molecule has 0 radical (unpaired) electrons. The number of aromatic nitrogens is 4. The summed E-state index contributed by atoms with van der Waals surface area (Å²) in [6, 6.07) is 7.18. The third-order valence-electron chi connectivity index (χ3n) is 2.94. The van der Waals surface area contributed by atoms with Crippen LogP contribution in [0.5, 0.6) is 0 Å². The number of hydrogen-bond donors (Lipinski definition) is 2. The number of benzene rings is 1. The van der Waals surface area contributed by atoms with Crippen molar-refractivity contribution in [1.29, 1.82) is 0 Å². The van der Waals surface area contributed by atoms with Gasteiger partial charge in [0.2, 0.25) is 0 Å². The van der Waals surface area contributed by atoms with Gasteiger partial charge in [0.15, 0.2) is 5.82 Å². The van der Waals surface area contributed by atoms with Gasteiger partial charge in [-0.2, -0.15) is 5.10 Å². The molecule has 0 spiro atoms. The third-order valence-corrected chi connectivity index (χ3v) is 2.94. The maximum Gasteiger partial charge on any atom is 0.256 e. The number of anilines is 1. The lowest BCUT2D eigenvalue weighted by Gasteiger charge is -2.02. The van der Waals surface area contributed by atoms with Gasteiger partial charge in [0.25, 0.3) is 5.91 Å². The summed E-state index contributed by atoms with van der Waals surface area (Å²) in [5.74, 6) is 0.335. The van der Waals surface area contributed by atoms with Crippen LogP contribution in [0.25, 0.3) is 11.0 Å². The summed E-state index contributed by atoms with van der Waals surface area (Å²) in [6.07, 6.45) is 1.73. The molecular formula is C13H13N5O. The number of aromatic amines is 1. The molecule has 0 aliphatic rings. The molecule has 2 aromatic heterocycles. The zero-order valence-corrected chi connectivity index (χ0v) is 10.6. The summed E-state index contributed by atoms with van der Waals surface area (Å²) in [7, 11) is 1.90. The van der Waals surface area contributed by atoms with Crippen molar-refractivity contribution >= 4 is 22.8 Å². The summed E-state index contributed by atoms with van der Waals surface area (Å²) in [5, 5.41) is 9.50. The molecule has 6 nitrogen and oxygen atoms in total. The maximum absolute atomic E-state index is 12.1. The second-order valence-electron chi connectivity index (χ2n) is 4.45. The zero-order valence-electron chi connectivity index (χ0n) is 10.6. The first-order valence-corrected chi connectivity index (χ1v) is 5.88. The van der Waals surface area contributed by atoms with Crippen molar-refractivity contribution in [2.24, 2.45) is 7.05 Å². The summed E-state index contributed by atoms with van der Waals surface area (Å²) in [5.41, 5.74) is 3.27. The van der Waals surface area contributed by atoms with Crippen molar-refractivity contribution in [3.8, 4) is 0 Å². The third kappa shape index (κ3) is 2.08. The highest BCUT2D eigenvalue weighted by Crippen LogP contribution is 2.15. The number of nitrogens with zero attached hydrogens (tertiary/aromatic N) is 3. The Hall–Kier alpha value is -2.63. The van der Waals surface area contributed by atoms with E-state index in [0.717, 1.165) is 16.7 Å². The molecule has 19 heavy (non-hydrogen) atoms. The highest BCUT2D eigenvalue weighted by Gasteiger charge is 2.10. The molecule has 3 rings (SSSR count). The Balaban J connectivity index is 1.90. The first-order valence-electron chi connectivity index (χ1n) is 5.88. The normalized spacial score (nSPS) is 10.8. The van der Waals surface area contributed by atoms with E-state index >= 15 is 0 Å². The van der Waals surface area contributed by atoms with Crippen LogP contribution in [0.1, 0.15) is 16.1 Å². The van der Waals surface area contributed by atoms with E-state index in [4.69, 9.17) is 0 Å². The Morgan fingerprint density at radius 1 is 1.37 bits per heavy atom. The minimum absolute atomic E-state index is 0.186. The minimum Gasteiger partial charge on any atom is -0.334 e. The number of carbonyl (C=O) groups excluding carboxylic acids is 1. The van der Waals surface area contributed by atoms with E-state index in [0.29, 0.717) is 11.4 Å². The molecule has 1 aromatic carbocycles. The number of imidazole rings is 1. The SMILES string of the molecule is Cc1cc(NC(=O)c2ccc3ncn(C)c3c2)n[nH]1. The van der Waals surface area contributed by atoms with E-state index in [2.05, 4.69) is 20.5 Å². The van der Waals surface area contributed by atoms with Crippen LogP contribution in [-0.2, 0) is 7.05 Å². The minimum atomic E-state index is -0.186. The monoisotopic (exact) mass is 255 g/mol. The number of carbonyl (C=O) groups is 1. The van der Waals surface area contributed by atoms with Gasteiger partial charge in [-0.05, 0) is 25.1 Å². The zero-order chi connectivity index (χ0) is 13.4. The van der Waals surface area contributed by atoms with Crippen LogP contribution >= 0.6 is 0 Å². The molecule has 0 saturated carbocycles. The molecule has 3 aromatic rings. The van der Waals surface area contributed by atoms with Crippen molar-refractivity contribution in [1.82, 2.24) is 19.7 Å². The van der Waals surface area contributed by atoms with E-state index in [1.165, 1.54) is 0 Å². The summed E-state index contributed by atoms with van der Waals surface area (Å²) in [6.45, 7) is 1.88. The maximum atomic E-state index is 12.1. The lowest BCUT2D eigenvalue weighted by Crippen LogP contribution is -2.12. The van der Waals surface area contributed by atoms with Crippen LogP contribution < -0.4 is 5.32 Å². The quantitative estimate of drug-likeness (QED) is 0.733. The van der Waals surface area contributed by atoms with Gasteiger partial charge in [-0.3, -0.25) is 9.89 Å². The van der Waals surface area contributed by atoms with Gasteiger partial charge in [0, 0.05) is 24.4 Å². The second kappa shape index (κ2) is 4.24. The van der Waals surface area contributed by atoms with E-state index in [-0.39, 0.29) is 5.91 Å². The fourth-order valence-electron chi connectivity index (χ4n) is 1.94. The predicted octanol–water partition coefficient (Wildman–Crippen LogP) is 1.86. The van der Waals surface area contributed by atoms with Gasteiger partial charge in [-0.1, -0.05) is 0 Å². The molecule has 0 aliphatic carbocycles. The number of aryl methyl sites for hydroxylation is 2. The predicted molar refractivity (Wildman–Crippen MR) is 72.0 cm³/mol. The average Bonchev–Trinajstić information content (AvgIpc) is 2.96. The fraction of sp³-hybridized carbons (Fsp3) is 0.154. The molecule has 1 amide bonds. The van der Waals surface area contributed by atoms with Crippen molar-refractivity contribution in [2.75, 3.05) is 5.32 Å². The van der Waals surface area contributed by atoms with Crippen LogP contribution in [0.3, 0.4) is 0 Å². The standard InChI is InChI=1S/C13H13N5O/c1-8-5-12(17-16-8)15-13(19)9-3-4-10-11(6-9)18(2)7-14-10/h3-7H,1-2H3,(H2,15,16,17,19). The van der Waals surface area contributed by atoms with Gasteiger partial charge in [0.05, 0.1) is 17.4 Å². The number of H-pyrrole nitrogens is 1. The number of rotatable bonds is 2. The molecule has 2 heterocycles. The topological polar surface area (TPSA) is 75.6 Å². The Kier molecular flexibility index (Phi) is 2.56. The first kappa shape index (κ1) is 11.5. The van der Waals surface area contributed by atoms with Crippen molar-refractivity contribution in [3.05, 3.63) is 41.9 Å². The van der Waals surface area contributed by atoms with Gasteiger partial charge >= 0.3 is 0 Å². The molecule has 6 heteroatoms. The largest absolute Gasteiger partial charge is 0.334 e. The Morgan fingerprint density at radius 3 is 2.95 bits per heavy atom. The Morgan fingerprint density at radius 2 is 2.21 bits per heavy atom. The smallest absolute Gasteiger partial charge is 0.256 e. The lowest BCUT2D eigenvalue weighted by atomic mass is 10.2. The van der Waals surface area contributed by atoms with Crippen LogP contribution in [0.15, 0.2) is 30.6 Å². The van der Waals surface area contributed by atoms with E-state index < -0.39 is 0 Å². The molecule has 0 saturated heterocycles. The van der Waals surface area contributed by atoms with Gasteiger partial charge in [-0.25, -0.2) is 4.98 Å². The van der Waals surface area contributed by atoms with Gasteiger partial charge in [-0.15, -0.1) is 0 Å². The summed E-state index contributed by atoms with van der Waals surface area (Å²) in [4.78, 5) is 16.3. The van der Waals surface area contributed by atoms with Crippen LogP contribution in [0, 0.1) is 6.92 Å². The Labute approximate surface area is 109 Å². The number of hydrogen-bond acceptors (Lipinski definition) is 3. The molecule has 0 fully saturated rings. The van der Waals surface area contributed by atoms with E-state index in [1.807, 2.05) is 30.7 Å². The summed E-state index contributed by atoms with van der Waals surface area (Å²) < 4.78 is 1.88. The molecule has 0 atom stereocenters. The fourth-order valence-corrected chi connectivity index (χ4v) is 1.94. The Bertz CT molecular complexity index is 755. The van der Waals surface area contributed by atoms with Gasteiger partial charge in [0.1, 0.15) is 0 Å². The van der Waals surface area contributed by atoms with Crippen molar-refractivity contribution in [3.63, 3.8) is 0 Å². The van der Waals surface area contributed by atoms with Crippen molar-refractivity contribution in [2.45, 2.75) is 6.92 Å². The number of nitrogens with one attached hydrogen (secondary N) is 2. The average molecular weight is 255 g/mol. The number of amides is 1. The summed E-state index contributed by atoms with van der Waals surface area (Å²) >= 11 is 0. The van der Waals surface area contributed by atoms with Crippen LogP contribution in [0.2, 0.25) is 0 Å². The van der Waals surface area contributed by atoms with Crippen LogP contribution in [0.4, 0.5) is 5.82 Å².